The number of benzene rings is 1. The fourth-order valence-electron chi connectivity index (χ4n) is 0.883. The molecule has 1 aromatic carbocycles. The monoisotopic (exact) mass is 190 g/mol. The second kappa shape index (κ2) is 3.44. The van der Waals surface area contributed by atoms with Gasteiger partial charge in [0.1, 0.15) is 0 Å². The van der Waals surface area contributed by atoms with E-state index in [0.717, 1.165) is 5.56 Å². The second-order valence-corrected chi connectivity index (χ2v) is 3.10. The van der Waals surface area contributed by atoms with Crippen LogP contribution >= 0.6 is 23.2 Å². The highest BCUT2D eigenvalue weighted by molar-refractivity contribution is 6.42. The molecule has 0 aliphatic heterocycles. The summed E-state index contributed by atoms with van der Waals surface area (Å²) in [4.78, 5) is 0. The van der Waals surface area contributed by atoms with Gasteiger partial charge in [0.2, 0.25) is 0 Å². The lowest BCUT2D eigenvalue weighted by atomic mass is 10.1. The zero-order chi connectivity index (χ0) is 8.43. The Bertz CT molecular complexity index is 271. The smallest absolute Gasteiger partial charge is 0.0699 e. The Morgan fingerprint density at radius 2 is 2.00 bits per heavy atom. The fourth-order valence-corrected chi connectivity index (χ4v) is 1.33. The lowest BCUT2D eigenvalue weighted by Crippen LogP contribution is -1.89. The van der Waals surface area contributed by atoms with Gasteiger partial charge in [-0.3, -0.25) is 0 Å². The number of aryl methyl sites for hydroxylation is 1. The van der Waals surface area contributed by atoms with E-state index in [1.807, 2.05) is 13.0 Å². The van der Waals surface area contributed by atoms with Crippen LogP contribution in [0.5, 0.6) is 0 Å². The SMILES string of the molecule is Cc1ccc(Cl)c(Cl)c1CO. The molecule has 0 aliphatic carbocycles. The lowest BCUT2D eigenvalue weighted by molar-refractivity contribution is 0.281. The maximum absolute atomic E-state index is 8.88. The van der Waals surface area contributed by atoms with Crippen LogP contribution < -0.4 is 0 Å². The van der Waals surface area contributed by atoms with E-state index in [9.17, 15) is 0 Å². The van der Waals surface area contributed by atoms with E-state index in [4.69, 9.17) is 28.3 Å². The van der Waals surface area contributed by atoms with Gasteiger partial charge in [0, 0.05) is 5.56 Å². The maximum Gasteiger partial charge on any atom is 0.0699 e. The van der Waals surface area contributed by atoms with Crippen LogP contribution in [-0.2, 0) is 6.61 Å². The summed E-state index contributed by atoms with van der Waals surface area (Å²) >= 11 is 11.5. The van der Waals surface area contributed by atoms with Gasteiger partial charge in [-0.05, 0) is 18.6 Å². The summed E-state index contributed by atoms with van der Waals surface area (Å²) in [5, 5.41) is 9.82. The van der Waals surface area contributed by atoms with Crippen molar-refractivity contribution in [1.82, 2.24) is 0 Å². The number of hydrogen-bond acceptors (Lipinski definition) is 1. The summed E-state index contributed by atoms with van der Waals surface area (Å²) in [5.41, 5.74) is 1.67. The van der Waals surface area contributed by atoms with E-state index < -0.39 is 0 Å². The summed E-state index contributed by atoms with van der Waals surface area (Å²) in [6.07, 6.45) is 0. The largest absolute Gasteiger partial charge is 0.392 e. The summed E-state index contributed by atoms with van der Waals surface area (Å²) in [6, 6.07) is 3.55. The molecule has 0 aliphatic rings. The van der Waals surface area contributed by atoms with Crippen molar-refractivity contribution in [3.05, 3.63) is 33.3 Å². The fraction of sp³-hybridized carbons (Fsp3) is 0.250. The highest BCUT2D eigenvalue weighted by Crippen LogP contribution is 2.27. The van der Waals surface area contributed by atoms with Crippen LogP contribution in [0.4, 0.5) is 0 Å². The van der Waals surface area contributed by atoms with E-state index >= 15 is 0 Å². The average Bonchev–Trinajstić information content (AvgIpc) is 1.99. The number of hydrogen-bond donors (Lipinski definition) is 1. The number of aliphatic hydroxyl groups excluding tert-OH is 1. The van der Waals surface area contributed by atoms with Crippen molar-refractivity contribution < 1.29 is 5.11 Å². The van der Waals surface area contributed by atoms with Crippen molar-refractivity contribution in [2.75, 3.05) is 0 Å². The van der Waals surface area contributed by atoms with Crippen molar-refractivity contribution in [3.8, 4) is 0 Å². The quantitative estimate of drug-likeness (QED) is 0.723. The molecule has 0 unspecified atom stereocenters. The number of rotatable bonds is 1. The molecule has 1 N–H and O–H groups in total. The first kappa shape index (κ1) is 8.85. The number of aliphatic hydroxyl groups is 1. The summed E-state index contributed by atoms with van der Waals surface area (Å²) in [6.45, 7) is 1.82. The molecule has 0 radical (unpaired) electrons. The third-order valence-electron chi connectivity index (χ3n) is 1.59. The standard InChI is InChI=1S/C8H8Cl2O/c1-5-2-3-7(9)8(10)6(5)4-11/h2-3,11H,4H2,1H3. The van der Waals surface area contributed by atoms with Crippen molar-refractivity contribution in [2.24, 2.45) is 0 Å². The van der Waals surface area contributed by atoms with Gasteiger partial charge in [0.05, 0.1) is 16.7 Å². The Morgan fingerprint density at radius 3 is 2.45 bits per heavy atom. The van der Waals surface area contributed by atoms with Gasteiger partial charge in [-0.25, -0.2) is 0 Å². The first-order chi connectivity index (χ1) is 5.16. The molecule has 60 valence electrons. The Kier molecular flexibility index (Phi) is 2.77. The summed E-state index contributed by atoms with van der Waals surface area (Å²) in [5.74, 6) is 0. The van der Waals surface area contributed by atoms with Gasteiger partial charge >= 0.3 is 0 Å². The molecule has 0 bridgehead atoms. The molecular weight excluding hydrogens is 183 g/mol. The topological polar surface area (TPSA) is 20.2 Å². The minimum absolute atomic E-state index is 0.0643. The Balaban J connectivity index is 3.29. The van der Waals surface area contributed by atoms with Gasteiger partial charge in [-0.15, -0.1) is 0 Å². The van der Waals surface area contributed by atoms with E-state index in [0.29, 0.717) is 15.6 Å². The van der Waals surface area contributed by atoms with Crippen molar-refractivity contribution in [1.29, 1.82) is 0 Å². The molecular formula is C8H8Cl2O. The highest BCUT2D eigenvalue weighted by atomic mass is 35.5. The molecule has 0 saturated carbocycles. The first-order valence-corrected chi connectivity index (χ1v) is 3.96. The third kappa shape index (κ3) is 1.67. The van der Waals surface area contributed by atoms with Crippen molar-refractivity contribution in [2.45, 2.75) is 13.5 Å². The molecule has 1 nitrogen and oxygen atoms in total. The zero-order valence-corrected chi connectivity index (χ0v) is 7.58. The minimum Gasteiger partial charge on any atom is -0.392 e. The predicted molar refractivity (Wildman–Crippen MR) is 47.1 cm³/mol. The molecule has 1 rings (SSSR count). The van der Waals surface area contributed by atoms with E-state index in [1.165, 1.54) is 0 Å². The van der Waals surface area contributed by atoms with Gasteiger partial charge < -0.3 is 5.11 Å². The molecule has 0 spiro atoms. The van der Waals surface area contributed by atoms with Gasteiger partial charge in [0.15, 0.2) is 0 Å². The van der Waals surface area contributed by atoms with Crippen molar-refractivity contribution in [3.63, 3.8) is 0 Å². The molecule has 3 heteroatoms. The first-order valence-electron chi connectivity index (χ1n) is 3.21. The molecule has 0 aromatic heterocycles. The van der Waals surface area contributed by atoms with Crippen LogP contribution in [-0.4, -0.2) is 5.11 Å². The number of halogens is 2. The minimum atomic E-state index is -0.0643. The van der Waals surface area contributed by atoms with Crippen LogP contribution in [0.1, 0.15) is 11.1 Å². The molecule has 0 amide bonds. The van der Waals surface area contributed by atoms with Crippen molar-refractivity contribution >= 4 is 23.2 Å². The molecule has 0 atom stereocenters. The average molecular weight is 191 g/mol. The van der Waals surface area contributed by atoms with Crippen LogP contribution in [0.15, 0.2) is 12.1 Å². The Morgan fingerprint density at radius 1 is 1.36 bits per heavy atom. The normalized spacial score (nSPS) is 10.2. The van der Waals surface area contributed by atoms with Crippen LogP contribution in [0.3, 0.4) is 0 Å². The molecule has 0 heterocycles. The van der Waals surface area contributed by atoms with E-state index in [-0.39, 0.29) is 6.61 Å². The van der Waals surface area contributed by atoms with Gasteiger partial charge in [0.25, 0.3) is 0 Å². The zero-order valence-electron chi connectivity index (χ0n) is 6.06. The van der Waals surface area contributed by atoms with Crippen LogP contribution in [0, 0.1) is 6.92 Å². The summed E-state index contributed by atoms with van der Waals surface area (Å²) < 4.78 is 0. The maximum atomic E-state index is 8.88. The van der Waals surface area contributed by atoms with Gasteiger partial charge in [-0.1, -0.05) is 29.3 Å². The molecule has 0 fully saturated rings. The Labute approximate surface area is 75.6 Å². The third-order valence-corrected chi connectivity index (χ3v) is 2.43. The highest BCUT2D eigenvalue weighted by Gasteiger charge is 2.05. The van der Waals surface area contributed by atoms with E-state index in [2.05, 4.69) is 0 Å². The lowest BCUT2D eigenvalue weighted by Gasteiger charge is -2.05. The van der Waals surface area contributed by atoms with Crippen LogP contribution in [0.25, 0.3) is 0 Å². The molecule has 11 heavy (non-hydrogen) atoms. The molecule has 1 aromatic rings. The van der Waals surface area contributed by atoms with Gasteiger partial charge in [-0.2, -0.15) is 0 Å². The van der Waals surface area contributed by atoms with E-state index in [1.54, 1.807) is 6.07 Å². The summed E-state index contributed by atoms with van der Waals surface area (Å²) in [7, 11) is 0. The molecule has 0 saturated heterocycles. The predicted octanol–water partition coefficient (Wildman–Crippen LogP) is 2.79. The second-order valence-electron chi connectivity index (χ2n) is 2.31. The van der Waals surface area contributed by atoms with Crippen LogP contribution in [0.2, 0.25) is 10.0 Å². The Hall–Kier alpha value is -0.240.